The molecular formula is C13H27NO2. The second kappa shape index (κ2) is 8.04. The average Bonchev–Trinajstić information content (AvgIpc) is 3.05. The van der Waals surface area contributed by atoms with Crippen LogP contribution >= 0.6 is 0 Å². The fourth-order valence-electron chi connectivity index (χ4n) is 1.80. The van der Waals surface area contributed by atoms with E-state index in [-0.39, 0.29) is 6.10 Å². The van der Waals surface area contributed by atoms with Gasteiger partial charge in [0.25, 0.3) is 0 Å². The zero-order chi connectivity index (χ0) is 11.8. The number of aliphatic hydroxyl groups is 1. The molecule has 2 N–H and O–H groups in total. The Bertz CT molecular complexity index is 171. The van der Waals surface area contributed by atoms with Gasteiger partial charge < -0.3 is 15.2 Å². The van der Waals surface area contributed by atoms with E-state index < -0.39 is 0 Å². The second-order valence-electron chi connectivity index (χ2n) is 5.07. The van der Waals surface area contributed by atoms with Gasteiger partial charge >= 0.3 is 0 Å². The van der Waals surface area contributed by atoms with E-state index in [1.165, 1.54) is 19.3 Å². The van der Waals surface area contributed by atoms with E-state index in [0.29, 0.717) is 19.2 Å². The van der Waals surface area contributed by atoms with E-state index in [1.54, 1.807) is 0 Å². The zero-order valence-corrected chi connectivity index (χ0v) is 10.7. The Labute approximate surface area is 99.6 Å². The topological polar surface area (TPSA) is 41.5 Å². The van der Waals surface area contributed by atoms with Gasteiger partial charge in [-0.25, -0.2) is 0 Å². The second-order valence-corrected chi connectivity index (χ2v) is 5.07. The van der Waals surface area contributed by atoms with Crippen LogP contribution in [-0.2, 0) is 4.74 Å². The lowest BCUT2D eigenvalue weighted by Crippen LogP contribution is -2.36. The van der Waals surface area contributed by atoms with Crippen LogP contribution in [0.25, 0.3) is 0 Å². The molecule has 1 saturated carbocycles. The highest BCUT2D eigenvalue weighted by molar-refractivity contribution is 4.78. The summed E-state index contributed by atoms with van der Waals surface area (Å²) in [5, 5.41) is 13.0. The van der Waals surface area contributed by atoms with Crippen LogP contribution in [0.3, 0.4) is 0 Å². The van der Waals surface area contributed by atoms with Crippen LogP contribution in [0.1, 0.15) is 46.0 Å². The highest BCUT2D eigenvalue weighted by atomic mass is 16.5. The Morgan fingerprint density at radius 3 is 2.81 bits per heavy atom. The highest BCUT2D eigenvalue weighted by Gasteiger charge is 2.23. The van der Waals surface area contributed by atoms with Gasteiger partial charge in [0.15, 0.2) is 0 Å². The molecule has 0 aromatic carbocycles. The minimum atomic E-state index is -0.362. The first kappa shape index (κ1) is 13.9. The van der Waals surface area contributed by atoms with Gasteiger partial charge in [0.1, 0.15) is 0 Å². The average molecular weight is 229 g/mol. The van der Waals surface area contributed by atoms with Crippen LogP contribution in [0.5, 0.6) is 0 Å². The van der Waals surface area contributed by atoms with Crippen molar-refractivity contribution in [2.24, 2.45) is 5.92 Å². The molecule has 3 heteroatoms. The van der Waals surface area contributed by atoms with Crippen molar-refractivity contribution in [3.8, 4) is 0 Å². The molecule has 3 nitrogen and oxygen atoms in total. The van der Waals surface area contributed by atoms with E-state index in [9.17, 15) is 5.11 Å². The Morgan fingerprint density at radius 1 is 1.44 bits per heavy atom. The smallest absolute Gasteiger partial charge is 0.0897 e. The summed E-state index contributed by atoms with van der Waals surface area (Å²) < 4.78 is 5.37. The summed E-state index contributed by atoms with van der Waals surface area (Å²) in [6, 6.07) is 0.526. The lowest BCUT2D eigenvalue weighted by atomic mass is 10.1. The predicted octanol–water partition coefficient (Wildman–Crippen LogP) is 1.94. The number of ether oxygens (including phenoxy) is 1. The maximum Gasteiger partial charge on any atom is 0.0897 e. The molecule has 0 spiro atoms. The number of aliphatic hydroxyl groups excluding tert-OH is 1. The first-order chi connectivity index (χ1) is 7.72. The molecular weight excluding hydrogens is 202 g/mol. The fraction of sp³-hybridized carbons (Fsp3) is 1.00. The third kappa shape index (κ3) is 7.20. The summed E-state index contributed by atoms with van der Waals surface area (Å²) in [6.45, 7) is 6.22. The maximum atomic E-state index is 9.66. The number of hydrogen-bond acceptors (Lipinski definition) is 3. The molecule has 0 radical (unpaired) electrons. The number of hydrogen-bond donors (Lipinski definition) is 2. The first-order valence-electron chi connectivity index (χ1n) is 6.71. The van der Waals surface area contributed by atoms with E-state index in [2.05, 4.69) is 19.2 Å². The molecule has 2 unspecified atom stereocenters. The number of nitrogens with one attached hydrogen (secondary N) is 1. The first-order valence-corrected chi connectivity index (χ1v) is 6.71. The molecule has 0 bridgehead atoms. The molecule has 0 saturated heterocycles. The molecule has 96 valence electrons. The Morgan fingerprint density at radius 2 is 2.19 bits per heavy atom. The summed E-state index contributed by atoms with van der Waals surface area (Å²) in [4.78, 5) is 0. The van der Waals surface area contributed by atoms with Crippen LogP contribution in [0, 0.1) is 5.92 Å². The maximum absolute atomic E-state index is 9.66. The zero-order valence-electron chi connectivity index (χ0n) is 10.7. The van der Waals surface area contributed by atoms with Gasteiger partial charge in [0.2, 0.25) is 0 Å². The molecule has 1 fully saturated rings. The lowest BCUT2D eigenvalue weighted by molar-refractivity contribution is 0.0346. The minimum absolute atomic E-state index is 0.362. The third-order valence-corrected chi connectivity index (χ3v) is 3.04. The van der Waals surface area contributed by atoms with Gasteiger partial charge in [-0.05, 0) is 25.7 Å². The molecule has 1 aliphatic carbocycles. The Hall–Kier alpha value is -0.120. The van der Waals surface area contributed by atoms with Crippen LogP contribution in [0.4, 0.5) is 0 Å². The molecule has 1 aliphatic rings. The largest absolute Gasteiger partial charge is 0.389 e. The van der Waals surface area contributed by atoms with E-state index >= 15 is 0 Å². The van der Waals surface area contributed by atoms with Crippen LogP contribution in [0.15, 0.2) is 0 Å². The van der Waals surface area contributed by atoms with Crippen LogP contribution < -0.4 is 5.32 Å². The van der Waals surface area contributed by atoms with Gasteiger partial charge in [0, 0.05) is 19.2 Å². The third-order valence-electron chi connectivity index (χ3n) is 3.04. The molecule has 2 atom stereocenters. The lowest BCUT2D eigenvalue weighted by Gasteiger charge is -2.17. The Balaban J connectivity index is 1.89. The quantitative estimate of drug-likeness (QED) is 0.563. The summed E-state index contributed by atoms with van der Waals surface area (Å²) in [5.74, 6) is 0.945. The van der Waals surface area contributed by atoms with Gasteiger partial charge in [-0.15, -0.1) is 0 Å². The van der Waals surface area contributed by atoms with Crippen molar-refractivity contribution < 1.29 is 9.84 Å². The molecule has 16 heavy (non-hydrogen) atoms. The van der Waals surface area contributed by atoms with Crippen LogP contribution in [0.2, 0.25) is 0 Å². The summed E-state index contributed by atoms with van der Waals surface area (Å²) >= 11 is 0. The number of unbranched alkanes of at least 4 members (excludes halogenated alkanes) is 1. The van der Waals surface area contributed by atoms with E-state index in [0.717, 1.165) is 25.4 Å². The van der Waals surface area contributed by atoms with Crippen LogP contribution in [-0.4, -0.2) is 37.0 Å². The molecule has 0 heterocycles. The number of rotatable bonds is 10. The van der Waals surface area contributed by atoms with Gasteiger partial charge in [-0.2, -0.15) is 0 Å². The fourth-order valence-corrected chi connectivity index (χ4v) is 1.80. The van der Waals surface area contributed by atoms with Crippen molar-refractivity contribution in [1.29, 1.82) is 0 Å². The predicted molar refractivity (Wildman–Crippen MR) is 66.5 cm³/mol. The van der Waals surface area contributed by atoms with Gasteiger partial charge in [-0.1, -0.05) is 26.2 Å². The molecule has 1 rings (SSSR count). The van der Waals surface area contributed by atoms with Gasteiger partial charge in [-0.3, -0.25) is 0 Å². The highest BCUT2D eigenvalue weighted by Crippen LogP contribution is 2.33. The van der Waals surface area contributed by atoms with Crippen molar-refractivity contribution in [3.05, 3.63) is 0 Å². The van der Waals surface area contributed by atoms with E-state index in [1.807, 2.05) is 0 Å². The minimum Gasteiger partial charge on any atom is -0.389 e. The van der Waals surface area contributed by atoms with Crippen molar-refractivity contribution in [2.45, 2.75) is 58.1 Å². The van der Waals surface area contributed by atoms with E-state index in [4.69, 9.17) is 4.74 Å². The molecule has 0 aromatic rings. The van der Waals surface area contributed by atoms with Crippen molar-refractivity contribution in [2.75, 3.05) is 19.8 Å². The summed E-state index contributed by atoms with van der Waals surface area (Å²) in [5.41, 5.74) is 0. The molecule has 0 aromatic heterocycles. The molecule has 0 amide bonds. The SMILES string of the molecule is CCCCOCC(O)CNC(C)CC1CC1. The monoisotopic (exact) mass is 229 g/mol. The van der Waals surface area contributed by atoms with Crippen molar-refractivity contribution in [3.63, 3.8) is 0 Å². The standard InChI is InChI=1S/C13H27NO2/c1-3-4-7-16-10-13(15)9-14-11(2)8-12-5-6-12/h11-15H,3-10H2,1-2H3. The van der Waals surface area contributed by atoms with Gasteiger partial charge in [0.05, 0.1) is 12.7 Å². The van der Waals surface area contributed by atoms with Crippen molar-refractivity contribution >= 4 is 0 Å². The van der Waals surface area contributed by atoms with Crippen molar-refractivity contribution in [1.82, 2.24) is 5.32 Å². The summed E-state index contributed by atoms with van der Waals surface area (Å²) in [6.07, 6.45) is 5.91. The summed E-state index contributed by atoms with van der Waals surface area (Å²) in [7, 11) is 0. The Kier molecular flexibility index (Phi) is 7.01. The normalized spacial score (nSPS) is 19.7. The molecule has 0 aliphatic heterocycles.